The first-order chi connectivity index (χ1) is 10.0. The monoisotopic (exact) mass is 314 g/mol. The van der Waals surface area contributed by atoms with Gasteiger partial charge in [0.15, 0.2) is 0 Å². The Kier molecular flexibility index (Phi) is 4.92. The number of esters is 1. The third kappa shape index (κ3) is 3.07. The van der Waals surface area contributed by atoms with E-state index in [4.69, 9.17) is 31.5 Å². The lowest BCUT2D eigenvalue weighted by Crippen LogP contribution is -2.27. The van der Waals surface area contributed by atoms with Crippen molar-refractivity contribution in [2.45, 2.75) is 12.2 Å². The summed E-state index contributed by atoms with van der Waals surface area (Å²) in [5.74, 6) is -0.478. The van der Waals surface area contributed by atoms with Gasteiger partial charge in [-0.2, -0.15) is 0 Å². The highest BCUT2D eigenvalue weighted by Gasteiger charge is 2.35. The molecule has 2 N–H and O–H groups in total. The predicted molar refractivity (Wildman–Crippen MR) is 81.0 cm³/mol. The number of carbonyl (C=O) groups excluding carboxylic acids is 1. The Morgan fingerprint density at radius 3 is 2.29 bits per heavy atom. The second kappa shape index (κ2) is 6.51. The second-order valence-electron chi connectivity index (χ2n) is 4.84. The zero-order valence-corrected chi connectivity index (χ0v) is 13.0. The molecule has 2 unspecified atom stereocenters. The summed E-state index contributed by atoms with van der Waals surface area (Å²) in [6.07, 6.45) is -0.178. The maximum Gasteiger partial charge on any atom is 0.340 e. The van der Waals surface area contributed by atoms with Crippen LogP contribution in [0.15, 0.2) is 12.1 Å². The Morgan fingerprint density at radius 2 is 1.81 bits per heavy atom. The quantitative estimate of drug-likeness (QED) is 0.671. The molecule has 21 heavy (non-hydrogen) atoms. The fraction of sp³-hybridized carbons (Fsp3) is 0.500. The summed E-state index contributed by atoms with van der Waals surface area (Å²) in [7, 11) is 4.58. The Morgan fingerprint density at radius 1 is 1.24 bits per heavy atom. The summed E-state index contributed by atoms with van der Waals surface area (Å²) in [4.78, 5) is 13.9. The van der Waals surface area contributed by atoms with Crippen LogP contribution in [0.3, 0.4) is 0 Å². The van der Waals surface area contributed by atoms with Crippen molar-refractivity contribution in [3.8, 4) is 0 Å². The highest BCUT2D eigenvalue weighted by Crippen LogP contribution is 2.35. The minimum atomic E-state index is -0.478. The molecule has 1 aliphatic rings. The van der Waals surface area contributed by atoms with E-state index < -0.39 is 5.97 Å². The number of hydrogen-bond donors (Lipinski definition) is 1. The third-order valence-electron chi connectivity index (χ3n) is 3.63. The number of nitrogens with two attached hydrogens (primary N) is 1. The molecule has 116 valence electrons. The van der Waals surface area contributed by atoms with E-state index in [-0.39, 0.29) is 12.2 Å². The zero-order valence-electron chi connectivity index (χ0n) is 12.3. The molecule has 1 aliphatic heterocycles. The van der Waals surface area contributed by atoms with Crippen LogP contribution in [0.5, 0.6) is 0 Å². The number of halogens is 1. The summed E-state index contributed by atoms with van der Waals surface area (Å²) in [5, 5.41) is 0.405. The minimum Gasteiger partial charge on any atom is -0.465 e. The molecule has 1 aromatic carbocycles. The van der Waals surface area contributed by atoms with Gasteiger partial charge in [-0.3, -0.25) is 0 Å². The molecule has 0 aromatic heterocycles. The van der Waals surface area contributed by atoms with Crippen LogP contribution in [0.1, 0.15) is 10.4 Å². The van der Waals surface area contributed by atoms with Crippen molar-refractivity contribution < 1.29 is 19.0 Å². The average Bonchev–Trinajstić information content (AvgIpc) is 2.88. The largest absolute Gasteiger partial charge is 0.465 e. The van der Waals surface area contributed by atoms with E-state index in [9.17, 15) is 4.79 Å². The van der Waals surface area contributed by atoms with Gasteiger partial charge < -0.3 is 24.8 Å². The zero-order chi connectivity index (χ0) is 15.6. The first-order valence-electron chi connectivity index (χ1n) is 6.49. The number of rotatable bonds is 4. The molecule has 2 rings (SSSR count). The van der Waals surface area contributed by atoms with E-state index in [0.717, 1.165) is 0 Å². The molecule has 0 amide bonds. The molecule has 7 heteroatoms. The van der Waals surface area contributed by atoms with Gasteiger partial charge in [0.25, 0.3) is 0 Å². The summed E-state index contributed by atoms with van der Waals surface area (Å²) in [6, 6.07) is 3.18. The van der Waals surface area contributed by atoms with Gasteiger partial charge >= 0.3 is 5.97 Å². The summed E-state index contributed by atoms with van der Waals surface area (Å²) in [5.41, 5.74) is 7.12. The maximum atomic E-state index is 12.0. The van der Waals surface area contributed by atoms with Crippen molar-refractivity contribution in [1.29, 1.82) is 0 Å². The van der Waals surface area contributed by atoms with E-state index in [1.807, 2.05) is 4.90 Å². The molecular formula is C14H19ClN2O4. The van der Waals surface area contributed by atoms with Crippen LogP contribution in [0.25, 0.3) is 0 Å². The lowest BCUT2D eigenvalue weighted by molar-refractivity contribution is -0.00461. The fourth-order valence-electron chi connectivity index (χ4n) is 2.59. The van der Waals surface area contributed by atoms with Crippen LogP contribution >= 0.6 is 11.6 Å². The van der Waals surface area contributed by atoms with E-state index in [1.165, 1.54) is 7.11 Å². The Labute approximate surface area is 128 Å². The molecule has 0 saturated carbocycles. The summed E-state index contributed by atoms with van der Waals surface area (Å²) < 4.78 is 15.6. The average molecular weight is 315 g/mol. The van der Waals surface area contributed by atoms with E-state index in [0.29, 0.717) is 35.1 Å². The highest BCUT2D eigenvalue weighted by molar-refractivity contribution is 6.34. The fourth-order valence-corrected chi connectivity index (χ4v) is 2.93. The molecule has 0 spiro atoms. The minimum absolute atomic E-state index is 0.0888. The Bertz CT molecular complexity index is 526. The van der Waals surface area contributed by atoms with Crippen LogP contribution in [-0.2, 0) is 14.2 Å². The normalized spacial score (nSPS) is 21.6. The topological polar surface area (TPSA) is 74.0 Å². The number of benzene rings is 1. The molecule has 0 radical (unpaired) electrons. The van der Waals surface area contributed by atoms with Crippen molar-refractivity contribution in [2.75, 3.05) is 45.1 Å². The molecule has 0 aliphatic carbocycles. The molecule has 1 heterocycles. The smallest absolute Gasteiger partial charge is 0.340 e. The van der Waals surface area contributed by atoms with Crippen LogP contribution in [0, 0.1) is 0 Å². The van der Waals surface area contributed by atoms with Crippen molar-refractivity contribution in [2.24, 2.45) is 0 Å². The Hall–Kier alpha value is -1.50. The predicted octanol–water partition coefficient (Wildman–Crippen LogP) is 1.56. The molecular weight excluding hydrogens is 296 g/mol. The van der Waals surface area contributed by atoms with Crippen LogP contribution in [0.4, 0.5) is 11.4 Å². The van der Waals surface area contributed by atoms with Gasteiger partial charge in [0.2, 0.25) is 0 Å². The maximum absolute atomic E-state index is 12.0. The molecule has 1 saturated heterocycles. The number of nitrogens with zero attached hydrogens (tertiary/aromatic N) is 1. The summed E-state index contributed by atoms with van der Waals surface area (Å²) >= 11 is 6.29. The molecule has 6 nitrogen and oxygen atoms in total. The number of nitrogen functional groups attached to an aromatic ring is 1. The van der Waals surface area contributed by atoms with Crippen LogP contribution in [0.2, 0.25) is 5.02 Å². The molecule has 1 fully saturated rings. The number of hydrogen-bond acceptors (Lipinski definition) is 6. The molecule has 1 aromatic rings. The second-order valence-corrected chi connectivity index (χ2v) is 5.25. The van der Waals surface area contributed by atoms with Gasteiger partial charge in [0.05, 0.1) is 23.4 Å². The highest BCUT2D eigenvalue weighted by atomic mass is 35.5. The molecule has 2 atom stereocenters. The Balaban J connectivity index is 2.42. The van der Waals surface area contributed by atoms with E-state index in [2.05, 4.69) is 0 Å². The number of anilines is 2. The number of ether oxygens (including phenoxy) is 3. The SMILES string of the molecule is COC(=O)c1cc(N)cc(Cl)c1N1CC(OC)C(OC)C1. The van der Waals surface area contributed by atoms with Crippen molar-refractivity contribution in [1.82, 2.24) is 0 Å². The van der Waals surface area contributed by atoms with Gasteiger partial charge in [-0.25, -0.2) is 4.79 Å². The van der Waals surface area contributed by atoms with Gasteiger partial charge in [0.1, 0.15) is 12.2 Å². The summed E-state index contributed by atoms with van der Waals surface area (Å²) in [6.45, 7) is 1.14. The van der Waals surface area contributed by atoms with Gasteiger partial charge in [-0.1, -0.05) is 11.6 Å². The lowest BCUT2D eigenvalue weighted by Gasteiger charge is -2.22. The van der Waals surface area contributed by atoms with Crippen LogP contribution < -0.4 is 10.6 Å². The third-order valence-corrected chi connectivity index (χ3v) is 3.92. The standard InChI is InChI=1S/C14H19ClN2O4/c1-19-11-6-17(7-12(11)20-2)13-9(14(18)21-3)4-8(16)5-10(13)15/h4-5,11-12H,6-7,16H2,1-3H3. The lowest BCUT2D eigenvalue weighted by atomic mass is 10.1. The molecule has 0 bridgehead atoms. The first-order valence-corrected chi connectivity index (χ1v) is 6.87. The first kappa shape index (κ1) is 15.9. The number of carbonyl (C=O) groups is 1. The van der Waals surface area contributed by atoms with Gasteiger partial charge in [0, 0.05) is 33.0 Å². The van der Waals surface area contributed by atoms with Crippen LogP contribution in [-0.4, -0.2) is 52.6 Å². The van der Waals surface area contributed by atoms with Gasteiger partial charge in [-0.05, 0) is 12.1 Å². The van der Waals surface area contributed by atoms with Crippen molar-refractivity contribution >= 4 is 28.9 Å². The van der Waals surface area contributed by atoms with E-state index >= 15 is 0 Å². The van der Waals surface area contributed by atoms with Crippen molar-refractivity contribution in [3.63, 3.8) is 0 Å². The van der Waals surface area contributed by atoms with Gasteiger partial charge in [-0.15, -0.1) is 0 Å². The van der Waals surface area contributed by atoms with E-state index in [1.54, 1.807) is 26.4 Å². The van der Waals surface area contributed by atoms with Crippen molar-refractivity contribution in [3.05, 3.63) is 22.7 Å². The number of methoxy groups -OCH3 is 3.